The fraction of sp³-hybridized carbons (Fsp3) is 0.900. The lowest BCUT2D eigenvalue weighted by molar-refractivity contribution is -0.137. The highest BCUT2D eigenvalue weighted by atomic mass is 32.2. The summed E-state index contributed by atoms with van der Waals surface area (Å²) in [5.74, 6) is -0.999. The molecule has 1 heterocycles. The maximum absolute atomic E-state index is 12.2. The molecule has 0 aromatic heterocycles. The second-order valence-electron chi connectivity index (χ2n) is 4.47. The Balaban J connectivity index is 2.62. The summed E-state index contributed by atoms with van der Waals surface area (Å²) < 4.78 is 26.8. The molecule has 0 aromatic carbocycles. The zero-order valence-electron chi connectivity index (χ0n) is 10.8. The Bertz CT molecular complexity index is 379. The molecule has 1 fully saturated rings. The number of carboxylic acids is 1. The fourth-order valence-electron chi connectivity index (χ4n) is 1.95. The number of hydrogen-bond acceptors (Lipinski definition) is 4. The smallest absolute Gasteiger partial charge is 0.304 e. The fourth-order valence-corrected chi connectivity index (χ4v) is 3.30. The predicted molar refractivity (Wildman–Crippen MR) is 67.5 cm³/mol. The van der Waals surface area contributed by atoms with E-state index < -0.39 is 16.2 Å². The van der Waals surface area contributed by atoms with Crippen LogP contribution in [0.3, 0.4) is 0 Å². The average molecular weight is 279 g/mol. The molecule has 0 atom stereocenters. The third-order valence-electron chi connectivity index (χ3n) is 3.22. The molecule has 1 aliphatic rings. The summed E-state index contributed by atoms with van der Waals surface area (Å²) in [7, 11) is -0.588. The highest BCUT2D eigenvalue weighted by Gasteiger charge is 2.30. The van der Waals surface area contributed by atoms with Gasteiger partial charge in [-0.25, -0.2) is 0 Å². The van der Waals surface area contributed by atoms with Gasteiger partial charge in [-0.2, -0.15) is 17.0 Å². The predicted octanol–water partition coefficient (Wildman–Crippen LogP) is -0.678. The van der Waals surface area contributed by atoms with E-state index in [1.165, 1.54) is 11.4 Å². The molecule has 0 amide bonds. The SMILES string of the molecule is CN(CCC(=O)O)S(=O)(=O)N(C)C1CCNCC1. The van der Waals surface area contributed by atoms with Crippen LogP contribution in [-0.2, 0) is 15.0 Å². The van der Waals surface area contributed by atoms with Crippen molar-refractivity contribution in [3.63, 3.8) is 0 Å². The molecule has 0 unspecified atom stereocenters. The summed E-state index contributed by atoms with van der Waals surface area (Å²) in [5.41, 5.74) is 0. The van der Waals surface area contributed by atoms with Crippen LogP contribution in [0.4, 0.5) is 0 Å². The molecule has 8 heteroatoms. The molecule has 0 spiro atoms. The monoisotopic (exact) mass is 279 g/mol. The Morgan fingerprint density at radius 1 is 1.33 bits per heavy atom. The quantitative estimate of drug-likeness (QED) is 0.672. The summed E-state index contributed by atoms with van der Waals surface area (Å²) in [5, 5.41) is 11.7. The largest absolute Gasteiger partial charge is 0.481 e. The Labute approximate surface area is 108 Å². The molecular formula is C10H21N3O4S. The van der Waals surface area contributed by atoms with E-state index in [0.29, 0.717) is 0 Å². The van der Waals surface area contributed by atoms with Gasteiger partial charge in [0.1, 0.15) is 0 Å². The maximum atomic E-state index is 12.2. The van der Waals surface area contributed by atoms with E-state index in [2.05, 4.69) is 5.32 Å². The number of nitrogens with zero attached hydrogens (tertiary/aromatic N) is 2. The molecule has 1 aliphatic heterocycles. The summed E-state index contributed by atoms with van der Waals surface area (Å²) in [6.45, 7) is 1.61. The molecule has 0 aromatic rings. The molecule has 1 rings (SSSR count). The zero-order chi connectivity index (χ0) is 13.8. The lowest BCUT2D eigenvalue weighted by atomic mass is 10.1. The van der Waals surface area contributed by atoms with E-state index in [-0.39, 0.29) is 19.0 Å². The molecule has 0 bridgehead atoms. The minimum Gasteiger partial charge on any atom is -0.481 e. The second-order valence-corrected chi connectivity index (χ2v) is 6.57. The van der Waals surface area contributed by atoms with Gasteiger partial charge in [0.25, 0.3) is 10.2 Å². The van der Waals surface area contributed by atoms with Crippen molar-refractivity contribution in [3.8, 4) is 0 Å². The van der Waals surface area contributed by atoms with Crippen LogP contribution < -0.4 is 5.32 Å². The third kappa shape index (κ3) is 3.91. The van der Waals surface area contributed by atoms with Gasteiger partial charge in [0.2, 0.25) is 0 Å². The van der Waals surface area contributed by atoms with E-state index in [1.54, 1.807) is 7.05 Å². The molecule has 2 N–H and O–H groups in total. The van der Waals surface area contributed by atoms with E-state index in [0.717, 1.165) is 30.2 Å². The van der Waals surface area contributed by atoms with Crippen molar-refractivity contribution >= 4 is 16.2 Å². The number of aliphatic carboxylic acids is 1. The van der Waals surface area contributed by atoms with Crippen molar-refractivity contribution < 1.29 is 18.3 Å². The molecule has 0 aliphatic carbocycles. The number of piperidine rings is 1. The van der Waals surface area contributed by atoms with Gasteiger partial charge in [0, 0.05) is 26.7 Å². The summed E-state index contributed by atoms with van der Waals surface area (Å²) >= 11 is 0. The normalized spacial score (nSPS) is 18.4. The van der Waals surface area contributed by atoms with Crippen molar-refractivity contribution in [3.05, 3.63) is 0 Å². The first kappa shape index (κ1) is 15.4. The highest BCUT2D eigenvalue weighted by molar-refractivity contribution is 7.86. The Hall–Kier alpha value is -0.700. The van der Waals surface area contributed by atoms with Gasteiger partial charge in [-0.1, -0.05) is 0 Å². The van der Waals surface area contributed by atoms with Gasteiger partial charge in [-0.15, -0.1) is 0 Å². The van der Waals surface area contributed by atoms with Crippen LogP contribution >= 0.6 is 0 Å². The van der Waals surface area contributed by atoms with Gasteiger partial charge in [-0.05, 0) is 25.9 Å². The van der Waals surface area contributed by atoms with Crippen LogP contribution in [0.5, 0.6) is 0 Å². The Morgan fingerprint density at radius 3 is 2.39 bits per heavy atom. The minimum absolute atomic E-state index is 0.00697. The number of rotatable bonds is 6. The van der Waals surface area contributed by atoms with Gasteiger partial charge < -0.3 is 10.4 Å². The molecule has 1 saturated heterocycles. The molecule has 106 valence electrons. The van der Waals surface area contributed by atoms with Gasteiger partial charge in [-0.3, -0.25) is 4.79 Å². The Morgan fingerprint density at radius 2 is 1.89 bits per heavy atom. The Kier molecular flexibility index (Phi) is 5.51. The summed E-state index contributed by atoms with van der Waals surface area (Å²) in [4.78, 5) is 10.5. The van der Waals surface area contributed by atoms with Crippen molar-refractivity contribution in [2.45, 2.75) is 25.3 Å². The van der Waals surface area contributed by atoms with Crippen LogP contribution in [0.1, 0.15) is 19.3 Å². The van der Waals surface area contributed by atoms with E-state index in [4.69, 9.17) is 5.11 Å². The molecular weight excluding hydrogens is 258 g/mol. The molecule has 0 radical (unpaired) electrons. The highest BCUT2D eigenvalue weighted by Crippen LogP contribution is 2.16. The number of nitrogens with one attached hydrogen (secondary N) is 1. The van der Waals surface area contributed by atoms with Crippen molar-refractivity contribution in [2.75, 3.05) is 33.7 Å². The number of carbonyl (C=O) groups is 1. The van der Waals surface area contributed by atoms with E-state index in [1.807, 2.05) is 0 Å². The summed E-state index contributed by atoms with van der Waals surface area (Å²) in [6, 6.07) is -0.0106. The third-order valence-corrected chi connectivity index (χ3v) is 5.22. The van der Waals surface area contributed by atoms with Crippen molar-refractivity contribution in [1.82, 2.24) is 13.9 Å². The average Bonchev–Trinajstić information content (AvgIpc) is 2.35. The molecule has 7 nitrogen and oxygen atoms in total. The molecule has 18 heavy (non-hydrogen) atoms. The van der Waals surface area contributed by atoms with E-state index in [9.17, 15) is 13.2 Å². The first-order valence-corrected chi connectivity index (χ1v) is 7.37. The van der Waals surface area contributed by atoms with Crippen LogP contribution in [-0.4, -0.2) is 67.9 Å². The molecule has 0 saturated carbocycles. The van der Waals surface area contributed by atoms with Crippen LogP contribution in [0.2, 0.25) is 0 Å². The number of carboxylic acid groups (broad SMARTS) is 1. The van der Waals surface area contributed by atoms with Gasteiger partial charge >= 0.3 is 5.97 Å². The lowest BCUT2D eigenvalue weighted by Gasteiger charge is -2.33. The second kappa shape index (κ2) is 6.46. The lowest BCUT2D eigenvalue weighted by Crippen LogP contribution is -2.49. The van der Waals surface area contributed by atoms with Crippen LogP contribution in [0, 0.1) is 0 Å². The number of hydrogen-bond donors (Lipinski definition) is 2. The van der Waals surface area contributed by atoms with Gasteiger partial charge in [0.15, 0.2) is 0 Å². The van der Waals surface area contributed by atoms with Crippen molar-refractivity contribution in [2.24, 2.45) is 0 Å². The van der Waals surface area contributed by atoms with Crippen LogP contribution in [0.15, 0.2) is 0 Å². The summed E-state index contributed by atoms with van der Waals surface area (Å²) in [6.07, 6.45) is 1.38. The van der Waals surface area contributed by atoms with Gasteiger partial charge in [0.05, 0.1) is 6.42 Å². The van der Waals surface area contributed by atoms with Crippen molar-refractivity contribution in [1.29, 1.82) is 0 Å². The first-order chi connectivity index (χ1) is 8.35. The zero-order valence-corrected chi connectivity index (χ0v) is 11.6. The van der Waals surface area contributed by atoms with Crippen LogP contribution in [0.25, 0.3) is 0 Å². The minimum atomic E-state index is -3.56. The first-order valence-electron chi connectivity index (χ1n) is 5.97. The van der Waals surface area contributed by atoms with E-state index >= 15 is 0 Å². The standard InChI is InChI=1S/C10H21N3O4S/c1-12(8-5-10(14)15)18(16,17)13(2)9-3-6-11-7-4-9/h9,11H,3-8H2,1-2H3,(H,14,15). The topological polar surface area (TPSA) is 90.0 Å². The maximum Gasteiger partial charge on any atom is 0.304 e.